The number of hydrogen-bond acceptors (Lipinski definition) is 5. The van der Waals surface area contributed by atoms with E-state index in [4.69, 9.17) is 11.6 Å². The summed E-state index contributed by atoms with van der Waals surface area (Å²) in [6.07, 6.45) is 4.59. The highest BCUT2D eigenvalue weighted by Gasteiger charge is 2.21. The minimum atomic E-state index is -3.79. The molecule has 6 nitrogen and oxygen atoms in total. The van der Waals surface area contributed by atoms with Crippen molar-refractivity contribution in [2.75, 3.05) is 12.4 Å². The van der Waals surface area contributed by atoms with Crippen molar-refractivity contribution >= 4 is 56.3 Å². The molecule has 2 aromatic carbocycles. The van der Waals surface area contributed by atoms with Crippen LogP contribution in [-0.2, 0) is 16.6 Å². The zero-order valence-electron chi connectivity index (χ0n) is 17.9. The number of aryl methyl sites for hydroxylation is 2. The van der Waals surface area contributed by atoms with E-state index in [1.54, 1.807) is 24.5 Å². The Morgan fingerprint density at radius 3 is 2.44 bits per heavy atom. The van der Waals surface area contributed by atoms with Gasteiger partial charge in [0.15, 0.2) is 0 Å². The van der Waals surface area contributed by atoms with Gasteiger partial charge in [-0.25, -0.2) is 12.4 Å². The van der Waals surface area contributed by atoms with E-state index < -0.39 is 10.0 Å². The van der Waals surface area contributed by atoms with Crippen LogP contribution in [-0.4, -0.2) is 24.4 Å². The average Bonchev–Trinajstić information content (AvgIpc) is 3.10. The van der Waals surface area contributed by atoms with Gasteiger partial charge in [-0.2, -0.15) is 0 Å². The smallest absolute Gasteiger partial charge is 0.269 e. The zero-order valence-corrected chi connectivity index (χ0v) is 20.3. The quantitative estimate of drug-likeness (QED) is 0.376. The van der Waals surface area contributed by atoms with E-state index in [1.807, 2.05) is 51.2 Å². The molecule has 0 aliphatic heterocycles. The van der Waals surface area contributed by atoms with Crippen LogP contribution in [0.15, 0.2) is 66.0 Å². The Hall–Kier alpha value is -2.58. The summed E-state index contributed by atoms with van der Waals surface area (Å²) in [7, 11) is -1.96. The molecule has 0 radical (unpaired) electrons. The number of halogens is 2. The second-order valence-corrected chi connectivity index (χ2v) is 9.70. The Kier molecular flexibility index (Phi) is 7.15. The highest BCUT2D eigenvalue weighted by molar-refractivity contribution is 7.90. The van der Waals surface area contributed by atoms with Gasteiger partial charge in [0.1, 0.15) is 4.90 Å². The van der Waals surface area contributed by atoms with Crippen LogP contribution in [0.4, 0.5) is 11.4 Å². The van der Waals surface area contributed by atoms with E-state index in [1.165, 1.54) is 10.2 Å². The van der Waals surface area contributed by atoms with Gasteiger partial charge in [0.05, 0.1) is 5.52 Å². The molecular formula is C23H24Cl2N4O2S. The van der Waals surface area contributed by atoms with Gasteiger partial charge in [-0.05, 0) is 74.0 Å². The van der Waals surface area contributed by atoms with Gasteiger partial charge in [0.25, 0.3) is 10.0 Å². The first-order chi connectivity index (χ1) is 14.8. The van der Waals surface area contributed by atoms with Gasteiger partial charge in [-0.1, -0.05) is 17.7 Å². The molecular weight excluding hydrogens is 467 g/mol. The highest BCUT2D eigenvalue weighted by Crippen LogP contribution is 2.32. The summed E-state index contributed by atoms with van der Waals surface area (Å²) < 4.78 is 28.0. The average molecular weight is 491 g/mol. The summed E-state index contributed by atoms with van der Waals surface area (Å²) in [5, 5.41) is 8.09. The molecule has 9 heteroatoms. The number of anilines is 2. The first-order valence-corrected chi connectivity index (χ1v) is 11.6. The number of aromatic nitrogens is 2. The van der Waals surface area contributed by atoms with Crippen LogP contribution in [0.2, 0.25) is 5.02 Å². The van der Waals surface area contributed by atoms with Gasteiger partial charge in [-0.15, -0.1) is 12.4 Å². The van der Waals surface area contributed by atoms with Crippen molar-refractivity contribution < 1.29 is 8.42 Å². The second kappa shape index (κ2) is 9.50. The molecule has 0 saturated heterocycles. The number of pyridine rings is 1. The fourth-order valence-electron chi connectivity index (χ4n) is 3.74. The SMILES string of the molecule is CNCc1cn(S(=O)(=O)c2cccnc2)c2cc(Nc3c(C)cc(Cl)cc3C)ccc12.Cl. The third-order valence-corrected chi connectivity index (χ3v) is 7.05. The topological polar surface area (TPSA) is 76.0 Å². The first-order valence-electron chi connectivity index (χ1n) is 9.79. The molecule has 0 bridgehead atoms. The zero-order chi connectivity index (χ0) is 22.2. The number of rotatable bonds is 6. The highest BCUT2D eigenvalue weighted by atomic mass is 35.5. The van der Waals surface area contributed by atoms with Gasteiger partial charge in [0.2, 0.25) is 0 Å². The Morgan fingerprint density at radius 1 is 1.09 bits per heavy atom. The van der Waals surface area contributed by atoms with Crippen LogP contribution < -0.4 is 10.6 Å². The molecule has 0 amide bonds. The lowest BCUT2D eigenvalue weighted by Gasteiger charge is -2.14. The van der Waals surface area contributed by atoms with E-state index in [2.05, 4.69) is 15.6 Å². The van der Waals surface area contributed by atoms with E-state index in [-0.39, 0.29) is 17.3 Å². The van der Waals surface area contributed by atoms with Crippen molar-refractivity contribution in [3.63, 3.8) is 0 Å². The van der Waals surface area contributed by atoms with E-state index in [0.29, 0.717) is 17.1 Å². The Morgan fingerprint density at radius 2 is 1.81 bits per heavy atom. The van der Waals surface area contributed by atoms with Crippen LogP contribution in [0.5, 0.6) is 0 Å². The maximum atomic E-state index is 13.3. The van der Waals surface area contributed by atoms with Crippen LogP contribution in [0.25, 0.3) is 10.9 Å². The molecule has 0 atom stereocenters. The van der Waals surface area contributed by atoms with Crippen molar-refractivity contribution in [2.24, 2.45) is 0 Å². The Labute approximate surface area is 199 Å². The fraction of sp³-hybridized carbons (Fsp3) is 0.174. The third kappa shape index (κ3) is 4.47. The van der Waals surface area contributed by atoms with Gasteiger partial charge >= 0.3 is 0 Å². The summed E-state index contributed by atoms with van der Waals surface area (Å²) in [4.78, 5) is 4.12. The molecule has 2 heterocycles. The molecule has 2 aromatic heterocycles. The van der Waals surface area contributed by atoms with Crippen LogP contribution in [0.3, 0.4) is 0 Å². The molecule has 168 valence electrons. The summed E-state index contributed by atoms with van der Waals surface area (Å²) in [6, 6.07) is 12.7. The van der Waals surface area contributed by atoms with Crippen LogP contribution in [0.1, 0.15) is 16.7 Å². The van der Waals surface area contributed by atoms with Crippen LogP contribution >= 0.6 is 24.0 Å². The van der Waals surface area contributed by atoms with Crippen LogP contribution in [0, 0.1) is 13.8 Å². The van der Waals surface area contributed by atoms with Crippen molar-refractivity contribution in [1.82, 2.24) is 14.3 Å². The molecule has 0 aliphatic carbocycles. The normalized spacial score (nSPS) is 11.4. The maximum absolute atomic E-state index is 13.3. The van der Waals surface area contributed by atoms with Gasteiger partial charge < -0.3 is 10.6 Å². The molecule has 0 aliphatic rings. The number of fused-ring (bicyclic) bond motifs is 1. The molecule has 32 heavy (non-hydrogen) atoms. The molecule has 0 saturated carbocycles. The first kappa shape index (κ1) is 24.1. The standard InChI is InChI=1S/C23H23ClN4O2S.ClH/c1-15-9-18(24)10-16(2)23(15)27-19-6-7-21-17(12-25-3)14-28(22(21)11-19)31(29,30)20-5-4-8-26-13-20;/h4-11,13-14,25,27H,12H2,1-3H3;1H. The summed E-state index contributed by atoms with van der Waals surface area (Å²) in [5.74, 6) is 0. The van der Waals surface area contributed by atoms with E-state index in [0.717, 1.165) is 33.5 Å². The summed E-state index contributed by atoms with van der Waals surface area (Å²) in [5.41, 5.74) is 5.27. The number of nitrogens with zero attached hydrogens (tertiary/aromatic N) is 2. The second-order valence-electron chi connectivity index (χ2n) is 7.45. The number of nitrogens with one attached hydrogen (secondary N) is 2. The van der Waals surface area contributed by atoms with E-state index in [9.17, 15) is 8.42 Å². The van der Waals surface area contributed by atoms with E-state index >= 15 is 0 Å². The molecule has 0 spiro atoms. The minimum Gasteiger partial charge on any atom is -0.355 e. The van der Waals surface area contributed by atoms with Crippen molar-refractivity contribution in [1.29, 1.82) is 0 Å². The molecule has 2 N–H and O–H groups in total. The minimum absolute atomic E-state index is 0. The molecule has 0 unspecified atom stereocenters. The monoisotopic (exact) mass is 490 g/mol. The van der Waals surface area contributed by atoms with Crippen molar-refractivity contribution in [3.8, 4) is 0 Å². The predicted octanol–water partition coefficient (Wildman–Crippen LogP) is 5.43. The lowest BCUT2D eigenvalue weighted by atomic mass is 10.1. The molecule has 4 rings (SSSR count). The maximum Gasteiger partial charge on any atom is 0.269 e. The van der Waals surface area contributed by atoms with Crippen molar-refractivity contribution in [2.45, 2.75) is 25.3 Å². The summed E-state index contributed by atoms with van der Waals surface area (Å²) in [6.45, 7) is 4.52. The molecule has 0 fully saturated rings. The Balaban J connectivity index is 0.00000289. The molecule has 4 aromatic rings. The number of benzene rings is 2. The number of hydrogen-bond donors (Lipinski definition) is 2. The fourth-order valence-corrected chi connectivity index (χ4v) is 5.41. The lowest BCUT2D eigenvalue weighted by Crippen LogP contribution is -2.12. The lowest BCUT2D eigenvalue weighted by molar-refractivity contribution is 0.588. The van der Waals surface area contributed by atoms with Crippen molar-refractivity contribution in [3.05, 3.63) is 82.8 Å². The van der Waals surface area contributed by atoms with Gasteiger partial charge in [0, 0.05) is 46.9 Å². The Bertz CT molecular complexity index is 1350. The summed E-state index contributed by atoms with van der Waals surface area (Å²) >= 11 is 6.16. The largest absolute Gasteiger partial charge is 0.355 e. The van der Waals surface area contributed by atoms with Gasteiger partial charge in [-0.3, -0.25) is 4.98 Å². The third-order valence-electron chi connectivity index (χ3n) is 5.18. The predicted molar refractivity (Wildman–Crippen MR) is 133 cm³/mol.